The molecule has 162 valence electrons. The summed E-state index contributed by atoms with van der Waals surface area (Å²) in [6, 6.07) is 17.0. The third-order valence-electron chi connectivity index (χ3n) is 6.11. The molecule has 0 radical (unpaired) electrons. The van der Waals surface area contributed by atoms with Gasteiger partial charge in [0.15, 0.2) is 5.43 Å². The topological polar surface area (TPSA) is 87.9 Å². The summed E-state index contributed by atoms with van der Waals surface area (Å²) in [5.41, 5.74) is 4.02. The largest absolute Gasteiger partial charge is 0.463 e. The van der Waals surface area contributed by atoms with Crippen molar-refractivity contribution in [3.63, 3.8) is 0 Å². The number of aromatic nitrogens is 4. The molecule has 5 aromatic rings. The van der Waals surface area contributed by atoms with Gasteiger partial charge in [0.25, 0.3) is 0 Å². The Bertz CT molecular complexity index is 1510. The van der Waals surface area contributed by atoms with E-state index in [2.05, 4.69) is 26.9 Å². The third kappa shape index (κ3) is 3.20. The van der Waals surface area contributed by atoms with Crippen LogP contribution in [0.15, 0.2) is 82.4 Å². The van der Waals surface area contributed by atoms with Crippen molar-refractivity contribution >= 4 is 16.9 Å². The second-order valence-corrected chi connectivity index (χ2v) is 8.07. The van der Waals surface area contributed by atoms with E-state index in [9.17, 15) is 4.79 Å². The van der Waals surface area contributed by atoms with Crippen molar-refractivity contribution in [1.82, 2.24) is 19.9 Å². The molecule has 1 aliphatic rings. The Morgan fingerprint density at radius 1 is 1.03 bits per heavy atom. The Kier molecular flexibility index (Phi) is 4.54. The van der Waals surface area contributed by atoms with E-state index in [-0.39, 0.29) is 11.5 Å². The van der Waals surface area contributed by atoms with Crippen LogP contribution in [0.5, 0.6) is 0 Å². The summed E-state index contributed by atoms with van der Waals surface area (Å²) in [5, 5.41) is 0.678. The molecular weight excluding hydrogens is 414 g/mol. The zero-order chi connectivity index (χ0) is 22.4. The van der Waals surface area contributed by atoms with E-state index in [0.717, 1.165) is 40.4 Å². The summed E-state index contributed by atoms with van der Waals surface area (Å²) in [6.45, 7) is 2.45. The number of anilines is 1. The number of furan rings is 1. The van der Waals surface area contributed by atoms with Crippen LogP contribution in [-0.4, -0.2) is 19.9 Å². The summed E-state index contributed by atoms with van der Waals surface area (Å²) in [7, 11) is 0. The van der Waals surface area contributed by atoms with Gasteiger partial charge in [-0.05, 0) is 36.4 Å². The van der Waals surface area contributed by atoms with E-state index >= 15 is 0 Å². The summed E-state index contributed by atoms with van der Waals surface area (Å²) in [6.07, 6.45) is 6.07. The zero-order valence-electron chi connectivity index (χ0n) is 18.0. The number of aryl methyl sites for hydroxylation is 1. The van der Waals surface area contributed by atoms with Crippen molar-refractivity contribution in [2.45, 2.75) is 25.9 Å². The van der Waals surface area contributed by atoms with Gasteiger partial charge in [-0.15, -0.1) is 0 Å². The van der Waals surface area contributed by atoms with Crippen LogP contribution < -0.4 is 10.3 Å². The number of rotatable bonds is 4. The maximum absolute atomic E-state index is 13.3. The standard InChI is InChI=1S/C26H21N5O2/c1-2-17-10-11-22(33-17)24-23-19(25(32)18-7-3-4-9-21(18)30-23)15-31(24)26-28-13-16(14-29-26)20-8-5-6-12-27-20/h3-14,24H,2,15H2,1H3,(H,30,32). The fraction of sp³-hybridized carbons (Fsp3) is 0.154. The molecule has 0 spiro atoms. The van der Waals surface area contributed by atoms with Gasteiger partial charge in [-0.3, -0.25) is 9.78 Å². The molecular formula is C26H21N5O2. The van der Waals surface area contributed by atoms with Crippen molar-refractivity contribution in [1.29, 1.82) is 0 Å². The normalized spacial score (nSPS) is 15.2. The second kappa shape index (κ2) is 7.70. The van der Waals surface area contributed by atoms with Gasteiger partial charge in [0.05, 0.1) is 17.9 Å². The minimum Gasteiger partial charge on any atom is -0.463 e. The van der Waals surface area contributed by atoms with Crippen molar-refractivity contribution < 1.29 is 4.42 Å². The van der Waals surface area contributed by atoms with Crippen LogP contribution in [0.3, 0.4) is 0 Å². The highest BCUT2D eigenvalue weighted by molar-refractivity contribution is 5.80. The first-order chi connectivity index (χ1) is 16.2. The quantitative estimate of drug-likeness (QED) is 0.442. The Morgan fingerprint density at radius 3 is 2.61 bits per heavy atom. The summed E-state index contributed by atoms with van der Waals surface area (Å²) >= 11 is 0. The van der Waals surface area contributed by atoms with E-state index in [0.29, 0.717) is 23.4 Å². The molecule has 1 N–H and O–H groups in total. The molecule has 1 aliphatic heterocycles. The minimum absolute atomic E-state index is 0.0271. The lowest BCUT2D eigenvalue weighted by Crippen LogP contribution is -2.24. The molecule has 0 aliphatic carbocycles. The lowest BCUT2D eigenvalue weighted by atomic mass is 10.1. The number of fused-ring (bicyclic) bond motifs is 2. The van der Waals surface area contributed by atoms with Gasteiger partial charge in [0.1, 0.15) is 17.6 Å². The molecule has 4 aromatic heterocycles. The molecule has 1 aromatic carbocycles. The highest BCUT2D eigenvalue weighted by atomic mass is 16.3. The lowest BCUT2D eigenvalue weighted by molar-refractivity contribution is 0.446. The predicted molar refractivity (Wildman–Crippen MR) is 126 cm³/mol. The highest BCUT2D eigenvalue weighted by Crippen LogP contribution is 2.39. The van der Waals surface area contributed by atoms with Crippen molar-refractivity contribution in [3.05, 3.63) is 106 Å². The monoisotopic (exact) mass is 435 g/mol. The van der Waals surface area contributed by atoms with Crippen LogP contribution in [0.1, 0.15) is 35.7 Å². The van der Waals surface area contributed by atoms with Crippen molar-refractivity contribution in [3.8, 4) is 11.3 Å². The van der Waals surface area contributed by atoms with E-state index < -0.39 is 0 Å². The first-order valence-corrected chi connectivity index (χ1v) is 11.0. The Morgan fingerprint density at radius 2 is 1.85 bits per heavy atom. The van der Waals surface area contributed by atoms with Crippen LogP contribution in [0, 0.1) is 0 Å². The SMILES string of the molecule is CCc1ccc(C2c3[nH]c4ccccc4c(=O)c3CN2c2ncc(-c3ccccn3)cn2)o1. The van der Waals surface area contributed by atoms with Crippen LogP contribution in [-0.2, 0) is 13.0 Å². The average molecular weight is 435 g/mol. The Hall–Kier alpha value is -4.26. The summed E-state index contributed by atoms with van der Waals surface area (Å²) < 4.78 is 6.14. The van der Waals surface area contributed by atoms with Gasteiger partial charge in [-0.2, -0.15) is 0 Å². The summed E-state index contributed by atoms with van der Waals surface area (Å²) in [4.78, 5) is 32.5. The third-order valence-corrected chi connectivity index (χ3v) is 6.11. The van der Waals surface area contributed by atoms with Crippen LogP contribution in [0.4, 0.5) is 5.95 Å². The molecule has 7 nitrogen and oxygen atoms in total. The number of pyridine rings is 2. The summed E-state index contributed by atoms with van der Waals surface area (Å²) in [5.74, 6) is 2.18. The smallest absolute Gasteiger partial charge is 0.226 e. The van der Waals surface area contributed by atoms with Gasteiger partial charge in [0, 0.05) is 47.0 Å². The molecule has 5 heterocycles. The van der Waals surface area contributed by atoms with Crippen LogP contribution in [0.2, 0.25) is 0 Å². The number of aromatic amines is 1. The number of benzene rings is 1. The van der Waals surface area contributed by atoms with E-state index in [1.165, 1.54) is 0 Å². The van der Waals surface area contributed by atoms with Crippen molar-refractivity contribution in [2.24, 2.45) is 0 Å². The first-order valence-electron chi connectivity index (χ1n) is 11.0. The molecule has 0 saturated carbocycles. The number of para-hydroxylation sites is 1. The number of nitrogens with zero attached hydrogens (tertiary/aromatic N) is 4. The van der Waals surface area contributed by atoms with Gasteiger partial charge < -0.3 is 14.3 Å². The molecule has 0 amide bonds. The molecule has 0 bridgehead atoms. The van der Waals surface area contributed by atoms with Crippen LogP contribution >= 0.6 is 0 Å². The predicted octanol–water partition coefficient (Wildman–Crippen LogP) is 4.65. The average Bonchev–Trinajstić information content (AvgIpc) is 3.49. The number of hydrogen-bond donors (Lipinski definition) is 1. The van der Waals surface area contributed by atoms with E-state index in [4.69, 9.17) is 4.42 Å². The molecule has 0 saturated heterocycles. The number of H-pyrrole nitrogens is 1. The highest BCUT2D eigenvalue weighted by Gasteiger charge is 2.38. The second-order valence-electron chi connectivity index (χ2n) is 8.07. The van der Waals surface area contributed by atoms with E-state index in [1.807, 2.05) is 59.5 Å². The Balaban J connectivity index is 1.48. The van der Waals surface area contributed by atoms with Gasteiger partial charge in [-0.1, -0.05) is 25.1 Å². The minimum atomic E-state index is -0.321. The molecule has 1 unspecified atom stereocenters. The van der Waals surface area contributed by atoms with E-state index in [1.54, 1.807) is 18.6 Å². The zero-order valence-corrected chi connectivity index (χ0v) is 18.0. The lowest BCUT2D eigenvalue weighted by Gasteiger charge is -2.23. The van der Waals surface area contributed by atoms with Gasteiger partial charge >= 0.3 is 0 Å². The van der Waals surface area contributed by atoms with Gasteiger partial charge in [0.2, 0.25) is 5.95 Å². The van der Waals surface area contributed by atoms with Crippen LogP contribution in [0.25, 0.3) is 22.2 Å². The fourth-order valence-electron chi connectivity index (χ4n) is 4.45. The molecule has 6 rings (SSSR count). The van der Waals surface area contributed by atoms with Crippen molar-refractivity contribution in [2.75, 3.05) is 4.90 Å². The first kappa shape index (κ1) is 19.4. The molecule has 1 atom stereocenters. The molecule has 33 heavy (non-hydrogen) atoms. The maximum Gasteiger partial charge on any atom is 0.226 e. The molecule has 7 heteroatoms. The molecule has 0 fully saturated rings. The number of nitrogens with one attached hydrogen (secondary N) is 1. The number of hydrogen-bond acceptors (Lipinski definition) is 6. The maximum atomic E-state index is 13.3. The fourth-order valence-corrected chi connectivity index (χ4v) is 4.45. The Labute approximate surface area is 189 Å². The van der Waals surface area contributed by atoms with Gasteiger partial charge in [-0.25, -0.2) is 9.97 Å².